The molecule has 1 aliphatic heterocycles. The second kappa shape index (κ2) is 7.19. The second-order valence-corrected chi connectivity index (χ2v) is 8.04. The van der Waals surface area contributed by atoms with Crippen LogP contribution >= 0.6 is 24.2 Å². The lowest BCUT2D eigenvalue weighted by Gasteiger charge is -2.34. The fourth-order valence-corrected chi connectivity index (χ4v) is 4.67. The molecule has 140 valence electrons. The van der Waals surface area contributed by atoms with E-state index in [0.717, 1.165) is 25.8 Å². The van der Waals surface area contributed by atoms with Crippen molar-refractivity contribution in [3.05, 3.63) is 60.2 Å². The van der Waals surface area contributed by atoms with Crippen molar-refractivity contribution < 1.29 is 4.52 Å². The Morgan fingerprint density at radius 3 is 2.26 bits per heavy atom. The van der Waals surface area contributed by atoms with Crippen LogP contribution in [0.4, 0.5) is 11.4 Å². The third kappa shape index (κ3) is 3.22. The van der Waals surface area contributed by atoms with Gasteiger partial charge in [-0.1, -0.05) is 41.2 Å². The molecular formula is C20H21ClN4OS. The van der Waals surface area contributed by atoms with E-state index in [4.69, 9.17) is 10.3 Å². The number of nitrogens with zero attached hydrogens (tertiary/aromatic N) is 3. The van der Waals surface area contributed by atoms with Gasteiger partial charge in [-0.3, -0.25) is 0 Å². The summed E-state index contributed by atoms with van der Waals surface area (Å²) in [7, 11) is 0. The zero-order valence-corrected chi connectivity index (χ0v) is 16.4. The monoisotopic (exact) mass is 400 g/mol. The number of para-hydroxylation sites is 2. The molecule has 2 aliphatic rings. The molecule has 2 heterocycles. The van der Waals surface area contributed by atoms with Gasteiger partial charge in [-0.15, -0.1) is 12.4 Å². The van der Waals surface area contributed by atoms with Crippen molar-refractivity contribution in [2.24, 2.45) is 5.73 Å². The van der Waals surface area contributed by atoms with E-state index >= 15 is 0 Å². The molecule has 5 rings (SSSR count). The second-order valence-electron chi connectivity index (χ2n) is 6.96. The minimum Gasteiger partial charge on any atom is -0.339 e. The molecule has 1 aliphatic carbocycles. The van der Waals surface area contributed by atoms with Crippen LogP contribution in [0.2, 0.25) is 0 Å². The highest BCUT2D eigenvalue weighted by molar-refractivity contribution is 7.99. The molecule has 0 radical (unpaired) electrons. The number of nitrogens with two attached hydrogens (primary N) is 1. The molecular weight excluding hydrogens is 380 g/mol. The summed E-state index contributed by atoms with van der Waals surface area (Å²) in [5.74, 6) is 1.32. The summed E-state index contributed by atoms with van der Waals surface area (Å²) in [4.78, 5) is 9.45. The highest BCUT2D eigenvalue weighted by Crippen LogP contribution is 2.47. The van der Waals surface area contributed by atoms with Gasteiger partial charge in [-0.2, -0.15) is 4.98 Å². The van der Waals surface area contributed by atoms with E-state index in [1.807, 2.05) is 11.8 Å². The van der Waals surface area contributed by atoms with E-state index in [1.54, 1.807) is 0 Å². The lowest BCUT2D eigenvalue weighted by Crippen LogP contribution is -2.44. The molecule has 0 atom stereocenters. The quantitative estimate of drug-likeness (QED) is 0.686. The van der Waals surface area contributed by atoms with E-state index < -0.39 is 0 Å². The first-order chi connectivity index (χ1) is 12.7. The first kappa shape index (κ1) is 18.3. The average Bonchev–Trinajstić information content (AvgIpc) is 3.12. The summed E-state index contributed by atoms with van der Waals surface area (Å²) in [5, 5.41) is 4.13. The summed E-state index contributed by atoms with van der Waals surface area (Å²) in [6.45, 7) is 0.786. The maximum atomic E-state index is 6.30. The smallest absolute Gasteiger partial charge is 0.228 e. The molecule has 1 fully saturated rings. The Hall–Kier alpha value is -2.02. The molecule has 0 bridgehead atoms. The van der Waals surface area contributed by atoms with Gasteiger partial charge < -0.3 is 15.2 Å². The van der Waals surface area contributed by atoms with Crippen LogP contribution in [0.5, 0.6) is 0 Å². The summed E-state index contributed by atoms with van der Waals surface area (Å²) in [6.07, 6.45) is 3.71. The molecule has 0 unspecified atom stereocenters. The lowest BCUT2D eigenvalue weighted by molar-refractivity contribution is 0.229. The van der Waals surface area contributed by atoms with Crippen LogP contribution in [-0.2, 0) is 12.0 Å². The summed E-state index contributed by atoms with van der Waals surface area (Å²) in [6, 6.07) is 17.0. The molecule has 2 N–H and O–H groups in total. The van der Waals surface area contributed by atoms with Crippen LogP contribution in [0.1, 0.15) is 31.0 Å². The zero-order chi connectivity index (χ0) is 17.6. The number of anilines is 2. The summed E-state index contributed by atoms with van der Waals surface area (Å²) in [5.41, 5.74) is 8.39. The minimum absolute atomic E-state index is 0. The van der Waals surface area contributed by atoms with E-state index in [-0.39, 0.29) is 17.9 Å². The van der Waals surface area contributed by atoms with E-state index in [1.165, 1.54) is 21.2 Å². The van der Waals surface area contributed by atoms with E-state index in [2.05, 4.69) is 63.6 Å². The van der Waals surface area contributed by atoms with Crippen LogP contribution < -0.4 is 10.6 Å². The molecule has 0 spiro atoms. The van der Waals surface area contributed by atoms with Crippen molar-refractivity contribution in [1.29, 1.82) is 0 Å². The fraction of sp³-hybridized carbons (Fsp3) is 0.300. The Morgan fingerprint density at radius 2 is 1.67 bits per heavy atom. The maximum Gasteiger partial charge on any atom is 0.228 e. The Balaban J connectivity index is 0.00000180. The van der Waals surface area contributed by atoms with Crippen LogP contribution in [0.3, 0.4) is 0 Å². The molecule has 5 nitrogen and oxygen atoms in total. The number of fused-ring (bicyclic) bond motifs is 2. The van der Waals surface area contributed by atoms with Crippen molar-refractivity contribution in [2.75, 3.05) is 11.4 Å². The topological polar surface area (TPSA) is 68.2 Å². The first-order valence-electron chi connectivity index (χ1n) is 8.98. The van der Waals surface area contributed by atoms with Crippen molar-refractivity contribution in [3.8, 4) is 0 Å². The van der Waals surface area contributed by atoms with Gasteiger partial charge in [0.05, 0.1) is 16.9 Å². The minimum atomic E-state index is -0.372. The fourth-order valence-electron chi connectivity index (χ4n) is 3.57. The van der Waals surface area contributed by atoms with Gasteiger partial charge in [0.25, 0.3) is 0 Å². The van der Waals surface area contributed by atoms with Gasteiger partial charge in [-0.25, -0.2) is 0 Å². The average molecular weight is 401 g/mol. The number of hydrogen-bond acceptors (Lipinski definition) is 6. The standard InChI is InChI=1S/C20H20N4OS.ClH/c21-20(11-5-12-20)19-22-18(25-23-19)10-13-24-14-6-1-3-8-16(14)26-17-9-4-2-7-15(17)24;/h1-4,6-9H,5,10-13,21H2;1H. The number of halogens is 1. The Kier molecular flexibility index (Phi) is 4.88. The molecule has 27 heavy (non-hydrogen) atoms. The first-order valence-corrected chi connectivity index (χ1v) is 9.80. The van der Waals surface area contributed by atoms with Gasteiger partial charge in [0.15, 0.2) is 5.82 Å². The Bertz CT molecular complexity index is 911. The van der Waals surface area contributed by atoms with Crippen molar-refractivity contribution in [2.45, 2.75) is 41.0 Å². The highest BCUT2D eigenvalue weighted by Gasteiger charge is 2.39. The van der Waals surface area contributed by atoms with Gasteiger partial charge in [0.2, 0.25) is 5.89 Å². The Morgan fingerprint density at radius 1 is 1.04 bits per heavy atom. The van der Waals surface area contributed by atoms with Crippen molar-refractivity contribution >= 4 is 35.5 Å². The molecule has 3 aromatic rings. The van der Waals surface area contributed by atoms with Crippen LogP contribution in [0.15, 0.2) is 62.8 Å². The summed E-state index contributed by atoms with van der Waals surface area (Å²) >= 11 is 1.82. The number of benzene rings is 2. The van der Waals surface area contributed by atoms with Gasteiger partial charge >= 0.3 is 0 Å². The van der Waals surface area contributed by atoms with Crippen molar-refractivity contribution in [3.63, 3.8) is 0 Å². The van der Waals surface area contributed by atoms with E-state index in [9.17, 15) is 0 Å². The number of aromatic nitrogens is 2. The predicted molar refractivity (Wildman–Crippen MR) is 109 cm³/mol. The van der Waals surface area contributed by atoms with Gasteiger partial charge in [0.1, 0.15) is 0 Å². The largest absolute Gasteiger partial charge is 0.339 e. The number of hydrogen-bond donors (Lipinski definition) is 1. The molecule has 7 heteroatoms. The number of rotatable bonds is 4. The van der Waals surface area contributed by atoms with Crippen LogP contribution in [0, 0.1) is 0 Å². The van der Waals surface area contributed by atoms with Gasteiger partial charge in [-0.05, 0) is 43.5 Å². The zero-order valence-electron chi connectivity index (χ0n) is 14.8. The predicted octanol–water partition coefficient (Wildman–Crippen LogP) is 4.67. The molecule has 1 aromatic heterocycles. The third-order valence-electron chi connectivity index (χ3n) is 5.24. The molecule has 2 aromatic carbocycles. The van der Waals surface area contributed by atoms with Crippen molar-refractivity contribution in [1.82, 2.24) is 10.1 Å². The maximum absolute atomic E-state index is 6.30. The molecule has 1 saturated carbocycles. The van der Waals surface area contributed by atoms with Crippen LogP contribution in [0.25, 0.3) is 0 Å². The molecule has 0 saturated heterocycles. The normalized spacial score (nSPS) is 16.7. The summed E-state index contributed by atoms with van der Waals surface area (Å²) < 4.78 is 5.48. The lowest BCUT2D eigenvalue weighted by atomic mass is 9.77. The SMILES string of the molecule is Cl.NC1(c2noc(CCN3c4ccccc4Sc4ccccc43)n2)CCC1. The van der Waals surface area contributed by atoms with E-state index in [0.29, 0.717) is 18.1 Å². The molecule has 0 amide bonds. The van der Waals surface area contributed by atoms with Gasteiger partial charge in [0, 0.05) is 22.8 Å². The highest BCUT2D eigenvalue weighted by atomic mass is 35.5. The third-order valence-corrected chi connectivity index (χ3v) is 6.37. The van der Waals surface area contributed by atoms with Crippen LogP contribution in [-0.4, -0.2) is 16.7 Å². The Labute approximate surface area is 168 Å².